The Morgan fingerprint density at radius 3 is 1.88 bits per heavy atom. The predicted molar refractivity (Wildman–Crippen MR) is 204 cm³/mol. The molecule has 0 aliphatic heterocycles. The van der Waals surface area contributed by atoms with Crippen molar-refractivity contribution in [3.8, 4) is 17.2 Å². The van der Waals surface area contributed by atoms with Gasteiger partial charge in [-0.25, -0.2) is 21.6 Å². The van der Waals surface area contributed by atoms with Gasteiger partial charge in [-0.3, -0.25) is 4.55 Å². The van der Waals surface area contributed by atoms with Gasteiger partial charge in [-0.1, -0.05) is 18.2 Å². The van der Waals surface area contributed by atoms with Crippen molar-refractivity contribution in [1.29, 1.82) is 0 Å². The maximum absolute atomic E-state index is 13.2. The average molecular weight is 917 g/mol. The SMILES string of the molecule is COc1cc(N=Nc2cc(S(=O)(=O)O)cc3cc(S(=O)(=O)[O-])cc(OS(=O)(=O)c4ccccc4)c23)c(C)cc1NC(=O)Nc1ccc2c(O)cc(S(=O)(=O)[O-])cc2c1.[Na+].[Na+]. The zero-order valence-electron chi connectivity index (χ0n) is 31.5. The number of fused-ring (bicyclic) bond motifs is 2. The summed E-state index contributed by atoms with van der Waals surface area (Å²) in [5.41, 5.74) is 0.156. The van der Waals surface area contributed by atoms with E-state index in [1.54, 1.807) is 0 Å². The Kier molecular flexibility index (Phi) is 14.9. The number of amides is 2. The number of urea groups is 1. The van der Waals surface area contributed by atoms with E-state index in [1.165, 1.54) is 74.7 Å². The van der Waals surface area contributed by atoms with Crippen molar-refractivity contribution in [2.75, 3.05) is 17.7 Å². The summed E-state index contributed by atoms with van der Waals surface area (Å²) in [6.45, 7) is 1.54. The van der Waals surface area contributed by atoms with E-state index in [2.05, 4.69) is 20.9 Å². The van der Waals surface area contributed by atoms with Gasteiger partial charge in [0.05, 0.1) is 44.2 Å². The van der Waals surface area contributed by atoms with Crippen molar-refractivity contribution in [3.05, 3.63) is 103 Å². The number of benzene rings is 6. The van der Waals surface area contributed by atoms with E-state index in [0.717, 1.165) is 30.3 Å². The standard InChI is InChI=1S/C35H28N4O15S4.2Na/c1-19-10-29(37-35(41)36-22-8-9-27-20(11-22)12-25(16-31(27)40)56(45,46)47)32(53-2)18-28(19)38-39-30-15-24(55(42,43)44)13-21-14-26(57(48,49)50)17-33(34(21)30)54-58(51,52)23-6-4-3-5-7-23;;/h3-18,40H,1-2H3,(H2,36,37,41)(H,42,43,44)(H,45,46,47)(H,48,49,50);;/q;2*+1/p-2. The molecule has 302 valence electrons. The Labute approximate surface area is 386 Å². The second kappa shape index (κ2) is 18.4. The zero-order chi connectivity index (χ0) is 42.4. The molecule has 19 nitrogen and oxygen atoms in total. The van der Waals surface area contributed by atoms with Gasteiger partial charge in [0.2, 0.25) is 0 Å². The zero-order valence-corrected chi connectivity index (χ0v) is 38.7. The molecule has 6 aromatic carbocycles. The molecule has 0 spiro atoms. The van der Waals surface area contributed by atoms with Crippen molar-refractivity contribution in [3.63, 3.8) is 0 Å². The monoisotopic (exact) mass is 916 g/mol. The first kappa shape index (κ1) is 48.5. The summed E-state index contributed by atoms with van der Waals surface area (Å²) in [4.78, 5) is 10.2. The smallest absolute Gasteiger partial charge is 0.744 e. The van der Waals surface area contributed by atoms with E-state index in [9.17, 15) is 57.2 Å². The molecule has 25 heteroatoms. The van der Waals surface area contributed by atoms with Crippen LogP contribution in [0.25, 0.3) is 21.5 Å². The summed E-state index contributed by atoms with van der Waals surface area (Å²) in [6.07, 6.45) is 0. The third-order valence-electron chi connectivity index (χ3n) is 8.24. The minimum atomic E-state index is -5.29. The fraction of sp³-hybridized carbons (Fsp3) is 0.0571. The largest absolute Gasteiger partial charge is 1.00 e. The van der Waals surface area contributed by atoms with Crippen LogP contribution in [0.2, 0.25) is 0 Å². The van der Waals surface area contributed by atoms with Crippen LogP contribution in [0.15, 0.2) is 127 Å². The fourth-order valence-corrected chi connectivity index (χ4v) is 8.12. The third kappa shape index (κ3) is 11.0. The number of aryl methyl sites for hydroxylation is 1. The van der Waals surface area contributed by atoms with E-state index in [-0.39, 0.29) is 103 Å². The van der Waals surface area contributed by atoms with Gasteiger partial charge in [0.25, 0.3) is 10.1 Å². The first-order chi connectivity index (χ1) is 27.0. The van der Waals surface area contributed by atoms with Crippen LogP contribution in [0.1, 0.15) is 5.56 Å². The number of azo groups is 1. The molecular formula is C35H26N4Na2O15S4. The number of hydrogen-bond donors (Lipinski definition) is 4. The number of hydrogen-bond acceptors (Lipinski definition) is 16. The summed E-state index contributed by atoms with van der Waals surface area (Å²) < 4.78 is 142. The molecule has 0 bridgehead atoms. The topological polar surface area (TPSA) is 307 Å². The Morgan fingerprint density at radius 2 is 1.27 bits per heavy atom. The maximum atomic E-state index is 13.2. The average Bonchev–Trinajstić information content (AvgIpc) is 3.13. The molecular weight excluding hydrogens is 891 g/mol. The Morgan fingerprint density at radius 1 is 0.667 bits per heavy atom. The van der Waals surface area contributed by atoms with Gasteiger partial charge in [-0.2, -0.15) is 21.9 Å². The third-order valence-corrected chi connectivity index (χ3v) is 11.9. The molecule has 0 heterocycles. The summed E-state index contributed by atoms with van der Waals surface area (Å²) in [5.74, 6) is -1.19. The molecule has 0 unspecified atom stereocenters. The van der Waals surface area contributed by atoms with Crippen LogP contribution in [0.3, 0.4) is 0 Å². The first-order valence-electron chi connectivity index (χ1n) is 16.0. The number of methoxy groups -OCH3 is 1. The first-order valence-corrected chi connectivity index (χ1v) is 21.7. The number of rotatable bonds is 11. The molecule has 0 saturated carbocycles. The van der Waals surface area contributed by atoms with Crippen LogP contribution in [0, 0.1) is 6.92 Å². The van der Waals surface area contributed by atoms with Crippen molar-refractivity contribution >= 4 is 90.8 Å². The van der Waals surface area contributed by atoms with E-state index in [1.807, 2.05) is 0 Å². The molecule has 6 aromatic rings. The predicted octanol–water partition coefficient (Wildman–Crippen LogP) is -0.0944. The number of ether oxygens (including phenoxy) is 1. The van der Waals surface area contributed by atoms with E-state index >= 15 is 0 Å². The molecule has 0 aromatic heterocycles. The van der Waals surface area contributed by atoms with E-state index in [4.69, 9.17) is 8.92 Å². The molecule has 0 aliphatic rings. The van der Waals surface area contributed by atoms with Gasteiger partial charge in [0.15, 0.2) is 5.75 Å². The maximum Gasteiger partial charge on any atom is 1.00 e. The summed E-state index contributed by atoms with van der Waals surface area (Å²) in [5, 5.41) is 23.2. The molecule has 60 heavy (non-hydrogen) atoms. The van der Waals surface area contributed by atoms with Crippen molar-refractivity contribution in [2.24, 2.45) is 10.2 Å². The van der Waals surface area contributed by atoms with Gasteiger partial charge in [-0.05, 0) is 90.0 Å². The Hall–Kier alpha value is -4.21. The van der Waals surface area contributed by atoms with Crippen LogP contribution < -0.4 is 78.7 Å². The summed E-state index contributed by atoms with van der Waals surface area (Å²) in [7, 11) is -18.7. The number of carbonyl (C=O) groups is 1. The molecule has 0 radical (unpaired) electrons. The van der Waals surface area contributed by atoms with Crippen LogP contribution in [-0.2, 0) is 40.5 Å². The summed E-state index contributed by atoms with van der Waals surface area (Å²) >= 11 is 0. The van der Waals surface area contributed by atoms with Crippen molar-refractivity contribution < 1.29 is 125 Å². The Balaban J connectivity index is 0.00000397. The molecule has 4 N–H and O–H groups in total. The summed E-state index contributed by atoms with van der Waals surface area (Å²) in [6, 6.07) is 17.5. The number of phenolic OH excluding ortho intramolecular Hbond substituents is 1. The van der Waals surface area contributed by atoms with Crippen molar-refractivity contribution in [1.82, 2.24) is 0 Å². The van der Waals surface area contributed by atoms with Crippen LogP contribution in [0.4, 0.5) is 27.5 Å². The normalized spacial score (nSPS) is 12.1. The van der Waals surface area contributed by atoms with E-state index < -0.39 is 83.8 Å². The second-order valence-electron chi connectivity index (χ2n) is 12.2. The van der Waals surface area contributed by atoms with E-state index in [0.29, 0.717) is 11.6 Å². The fourth-order valence-electron chi connectivity index (χ4n) is 5.58. The van der Waals surface area contributed by atoms with Gasteiger partial charge in [0, 0.05) is 23.2 Å². The molecule has 0 fully saturated rings. The van der Waals surface area contributed by atoms with Crippen LogP contribution >= 0.6 is 0 Å². The second-order valence-corrected chi connectivity index (χ2v) is 17.9. The van der Waals surface area contributed by atoms with Crippen molar-refractivity contribution in [2.45, 2.75) is 26.5 Å². The minimum absolute atomic E-state index is 0. The number of carbonyl (C=O) groups excluding carboxylic acids is 1. The minimum Gasteiger partial charge on any atom is -0.744 e. The molecule has 6 rings (SSSR count). The number of phenols is 1. The van der Waals surface area contributed by atoms with Crippen LogP contribution in [0.5, 0.6) is 17.2 Å². The molecule has 0 atom stereocenters. The number of nitrogens with one attached hydrogen (secondary N) is 2. The van der Waals surface area contributed by atoms with Crippen LogP contribution in [-0.4, -0.2) is 65.6 Å². The number of nitrogens with zero attached hydrogens (tertiary/aromatic N) is 2. The number of aromatic hydroxyl groups is 1. The number of anilines is 2. The van der Waals surface area contributed by atoms with Gasteiger partial charge in [0.1, 0.15) is 36.6 Å². The Bertz CT molecular complexity index is 3170. The molecule has 0 aliphatic carbocycles. The quantitative estimate of drug-likeness (QED) is 0.0571. The molecule has 2 amide bonds. The molecule has 0 saturated heterocycles. The van der Waals surface area contributed by atoms with Gasteiger partial charge >= 0.3 is 75.3 Å². The van der Waals surface area contributed by atoms with Gasteiger partial charge in [-0.15, -0.1) is 5.11 Å². The van der Waals surface area contributed by atoms with Gasteiger partial charge < -0.3 is 33.8 Å².